The highest BCUT2D eigenvalue weighted by molar-refractivity contribution is 5.97. The third-order valence-corrected chi connectivity index (χ3v) is 3.80. The molecule has 1 N–H and O–H groups in total. The molecule has 0 radical (unpaired) electrons. The quantitative estimate of drug-likeness (QED) is 0.707. The normalized spacial score (nSPS) is 11.3. The fourth-order valence-corrected chi connectivity index (χ4v) is 2.50. The molecule has 27 heavy (non-hydrogen) atoms. The highest BCUT2D eigenvalue weighted by Crippen LogP contribution is 2.30. The van der Waals surface area contributed by atoms with Crippen molar-refractivity contribution >= 4 is 22.6 Å². The average molecular weight is 376 g/mol. The van der Waals surface area contributed by atoms with Crippen LogP contribution in [-0.2, 0) is 6.18 Å². The summed E-state index contributed by atoms with van der Waals surface area (Å²) >= 11 is 0. The van der Waals surface area contributed by atoms with Crippen LogP contribution in [0.4, 0.5) is 19.0 Å². The van der Waals surface area contributed by atoms with Gasteiger partial charge in [-0.3, -0.25) is 15.2 Å². The van der Waals surface area contributed by atoms with Crippen LogP contribution in [-0.4, -0.2) is 30.0 Å². The lowest BCUT2D eigenvalue weighted by molar-refractivity contribution is -0.140. The van der Waals surface area contributed by atoms with Gasteiger partial charge in [-0.25, -0.2) is 9.97 Å². The standard InChI is InChI=1S/C18H15F3N4O2/c1-25(24-17(26)11-4-3-5-12(10-11)27-2)16-13-6-7-15(18(19,20)21)23-14(13)8-9-22-16/h3-10H,1-2H3,(H,24,26). The van der Waals surface area contributed by atoms with E-state index >= 15 is 0 Å². The molecule has 0 fully saturated rings. The summed E-state index contributed by atoms with van der Waals surface area (Å²) in [5, 5.41) is 1.71. The number of anilines is 1. The summed E-state index contributed by atoms with van der Waals surface area (Å²) in [6.07, 6.45) is -3.21. The summed E-state index contributed by atoms with van der Waals surface area (Å²) < 4.78 is 43.6. The Balaban J connectivity index is 1.89. The van der Waals surface area contributed by atoms with Gasteiger partial charge >= 0.3 is 6.18 Å². The van der Waals surface area contributed by atoms with Crippen LogP contribution in [0.2, 0.25) is 0 Å². The van der Waals surface area contributed by atoms with Crippen molar-refractivity contribution in [2.45, 2.75) is 6.18 Å². The first-order chi connectivity index (χ1) is 12.8. The summed E-state index contributed by atoms with van der Waals surface area (Å²) in [6.45, 7) is 0. The first-order valence-corrected chi connectivity index (χ1v) is 7.81. The molecule has 0 aliphatic rings. The van der Waals surface area contributed by atoms with E-state index in [1.807, 2.05) is 0 Å². The Morgan fingerprint density at radius 2 is 1.96 bits per heavy atom. The smallest absolute Gasteiger partial charge is 0.433 e. The van der Waals surface area contributed by atoms with Crippen molar-refractivity contribution in [2.75, 3.05) is 19.2 Å². The number of ether oxygens (including phenoxy) is 1. The van der Waals surface area contributed by atoms with Crippen molar-refractivity contribution in [1.29, 1.82) is 0 Å². The molecule has 3 rings (SSSR count). The third-order valence-electron chi connectivity index (χ3n) is 3.80. The van der Waals surface area contributed by atoms with Crippen LogP contribution >= 0.6 is 0 Å². The van der Waals surface area contributed by atoms with Gasteiger partial charge in [0, 0.05) is 24.2 Å². The Bertz CT molecular complexity index is 992. The van der Waals surface area contributed by atoms with E-state index in [4.69, 9.17) is 4.74 Å². The monoisotopic (exact) mass is 376 g/mol. The van der Waals surface area contributed by atoms with Gasteiger partial charge in [0.15, 0.2) is 5.82 Å². The number of amides is 1. The molecule has 0 saturated heterocycles. The van der Waals surface area contributed by atoms with Crippen LogP contribution in [0.5, 0.6) is 5.75 Å². The molecule has 0 aliphatic heterocycles. The summed E-state index contributed by atoms with van der Waals surface area (Å²) in [5.74, 6) is 0.373. The molecule has 2 aromatic heterocycles. The molecule has 140 valence electrons. The number of fused-ring (bicyclic) bond motifs is 1. The van der Waals surface area contributed by atoms with Crippen molar-refractivity contribution in [3.8, 4) is 5.75 Å². The summed E-state index contributed by atoms with van der Waals surface area (Å²) in [7, 11) is 3.03. The molecular formula is C18H15F3N4O2. The Hall–Kier alpha value is -3.36. The topological polar surface area (TPSA) is 67.3 Å². The van der Waals surface area contributed by atoms with Crippen molar-refractivity contribution in [2.24, 2.45) is 0 Å². The van der Waals surface area contributed by atoms with Crippen LogP contribution in [0.3, 0.4) is 0 Å². The number of alkyl halides is 3. The molecule has 1 aromatic carbocycles. The highest BCUT2D eigenvalue weighted by atomic mass is 19.4. The number of methoxy groups -OCH3 is 1. The predicted octanol–water partition coefficient (Wildman–Crippen LogP) is 3.44. The van der Waals surface area contributed by atoms with E-state index in [0.29, 0.717) is 16.7 Å². The van der Waals surface area contributed by atoms with Crippen LogP contribution in [0.15, 0.2) is 48.7 Å². The number of nitrogens with zero attached hydrogens (tertiary/aromatic N) is 3. The zero-order chi connectivity index (χ0) is 19.6. The number of pyridine rings is 2. The van der Waals surface area contributed by atoms with Gasteiger partial charge in [0.1, 0.15) is 11.4 Å². The second-order valence-corrected chi connectivity index (χ2v) is 5.63. The minimum absolute atomic E-state index is 0.123. The molecule has 3 aromatic rings. The first kappa shape index (κ1) is 18.4. The molecule has 0 unspecified atom stereocenters. The maximum absolute atomic E-state index is 12.8. The van der Waals surface area contributed by atoms with Gasteiger partial charge in [-0.05, 0) is 36.4 Å². The van der Waals surface area contributed by atoms with Crippen LogP contribution in [0.1, 0.15) is 16.1 Å². The average Bonchev–Trinajstić information content (AvgIpc) is 2.66. The lowest BCUT2D eigenvalue weighted by Crippen LogP contribution is -2.40. The van der Waals surface area contributed by atoms with Crippen molar-refractivity contribution in [3.63, 3.8) is 0 Å². The molecule has 2 heterocycles. The van der Waals surface area contributed by atoms with Gasteiger partial charge in [0.2, 0.25) is 0 Å². The predicted molar refractivity (Wildman–Crippen MR) is 93.4 cm³/mol. The minimum Gasteiger partial charge on any atom is -0.497 e. The van der Waals surface area contributed by atoms with Gasteiger partial charge in [0.25, 0.3) is 5.91 Å². The number of hydrogen-bond acceptors (Lipinski definition) is 5. The van der Waals surface area contributed by atoms with Gasteiger partial charge in [0.05, 0.1) is 12.6 Å². The van der Waals surface area contributed by atoms with E-state index in [0.717, 1.165) is 6.07 Å². The van der Waals surface area contributed by atoms with E-state index in [1.54, 1.807) is 24.3 Å². The second kappa shape index (κ2) is 7.10. The number of nitrogens with one attached hydrogen (secondary N) is 1. The number of hydrogen-bond donors (Lipinski definition) is 1. The van der Waals surface area contributed by atoms with E-state index in [2.05, 4.69) is 15.4 Å². The third kappa shape index (κ3) is 3.91. The molecule has 0 spiro atoms. The molecule has 0 bridgehead atoms. The number of carbonyl (C=O) groups is 1. The summed E-state index contributed by atoms with van der Waals surface area (Å²) in [5.41, 5.74) is 2.12. The maximum Gasteiger partial charge on any atom is 0.433 e. The molecule has 1 amide bonds. The van der Waals surface area contributed by atoms with Crippen LogP contribution in [0, 0.1) is 0 Å². The Morgan fingerprint density at radius 1 is 1.19 bits per heavy atom. The number of carbonyl (C=O) groups excluding carboxylic acids is 1. The number of rotatable bonds is 4. The first-order valence-electron chi connectivity index (χ1n) is 7.81. The summed E-state index contributed by atoms with van der Waals surface area (Å²) in [4.78, 5) is 20.2. The minimum atomic E-state index is -4.54. The zero-order valence-corrected chi connectivity index (χ0v) is 14.4. The number of aromatic nitrogens is 2. The molecule has 0 atom stereocenters. The van der Waals surface area contributed by atoms with E-state index in [1.165, 1.54) is 37.5 Å². The van der Waals surface area contributed by atoms with E-state index < -0.39 is 17.8 Å². The van der Waals surface area contributed by atoms with Crippen LogP contribution in [0.25, 0.3) is 10.9 Å². The number of halogens is 3. The van der Waals surface area contributed by atoms with Crippen molar-refractivity contribution in [3.05, 3.63) is 59.9 Å². The van der Waals surface area contributed by atoms with E-state index in [-0.39, 0.29) is 11.3 Å². The molecule has 0 saturated carbocycles. The maximum atomic E-state index is 12.8. The number of hydrazine groups is 1. The Kier molecular flexibility index (Phi) is 4.85. The fraction of sp³-hybridized carbons (Fsp3) is 0.167. The van der Waals surface area contributed by atoms with Gasteiger partial charge < -0.3 is 4.74 Å². The lowest BCUT2D eigenvalue weighted by Gasteiger charge is -2.21. The Morgan fingerprint density at radius 3 is 2.67 bits per heavy atom. The van der Waals surface area contributed by atoms with E-state index in [9.17, 15) is 18.0 Å². The van der Waals surface area contributed by atoms with Gasteiger partial charge in [-0.2, -0.15) is 13.2 Å². The van der Waals surface area contributed by atoms with Crippen molar-refractivity contribution in [1.82, 2.24) is 15.4 Å². The fourth-order valence-electron chi connectivity index (χ4n) is 2.50. The molecular weight excluding hydrogens is 361 g/mol. The molecule has 6 nitrogen and oxygen atoms in total. The second-order valence-electron chi connectivity index (χ2n) is 5.63. The van der Waals surface area contributed by atoms with Gasteiger partial charge in [-0.15, -0.1) is 0 Å². The van der Waals surface area contributed by atoms with Crippen molar-refractivity contribution < 1.29 is 22.7 Å². The molecule has 9 heteroatoms. The van der Waals surface area contributed by atoms with Gasteiger partial charge in [-0.1, -0.05) is 6.07 Å². The SMILES string of the molecule is COc1cccc(C(=O)NN(C)c2nccc3nc(C(F)(F)F)ccc23)c1. The Labute approximate surface area is 152 Å². The lowest BCUT2D eigenvalue weighted by atomic mass is 10.2. The zero-order valence-electron chi connectivity index (χ0n) is 14.4. The summed E-state index contributed by atoms with van der Waals surface area (Å²) in [6, 6.07) is 10.1. The largest absolute Gasteiger partial charge is 0.497 e. The highest BCUT2D eigenvalue weighted by Gasteiger charge is 2.32. The molecule has 0 aliphatic carbocycles. The number of benzene rings is 1. The van der Waals surface area contributed by atoms with Crippen LogP contribution < -0.4 is 15.2 Å².